The molecule has 3 aromatic carbocycles. The van der Waals surface area contributed by atoms with E-state index in [9.17, 15) is 24.0 Å². The number of fused-ring (bicyclic) bond motifs is 5. The molecule has 0 radical (unpaired) electrons. The number of amides is 3. The molecule has 0 aromatic heterocycles. The van der Waals surface area contributed by atoms with Gasteiger partial charge in [0, 0.05) is 5.69 Å². The fourth-order valence-corrected chi connectivity index (χ4v) is 7.00. The summed E-state index contributed by atoms with van der Waals surface area (Å²) in [5.41, 5.74) is 2.45. The molecule has 3 aromatic rings. The predicted octanol–water partition coefficient (Wildman–Crippen LogP) is 5.22. The van der Waals surface area contributed by atoms with Crippen molar-refractivity contribution < 1.29 is 33.4 Å². The van der Waals surface area contributed by atoms with Crippen LogP contribution in [0, 0.1) is 29.6 Å². The minimum Gasteiger partial charge on any atom is -0.462 e. The molecule has 2 bridgehead atoms. The van der Waals surface area contributed by atoms with Gasteiger partial charge >= 0.3 is 11.9 Å². The molecule has 1 aliphatic heterocycles. The number of imide groups is 1. The first kappa shape index (κ1) is 29.3. The molecule has 1 N–H and O–H groups in total. The normalized spacial score (nSPS) is 23.5. The first-order valence-electron chi connectivity index (χ1n) is 15.0. The maximum absolute atomic E-state index is 13.7. The zero-order valence-electron chi connectivity index (χ0n) is 24.6. The molecule has 2 saturated carbocycles. The van der Waals surface area contributed by atoms with Crippen LogP contribution in [0.4, 0.5) is 11.4 Å². The largest absolute Gasteiger partial charge is 0.462 e. The highest BCUT2D eigenvalue weighted by Crippen LogP contribution is 2.61. The van der Waals surface area contributed by atoms with Crippen molar-refractivity contribution >= 4 is 41.0 Å². The van der Waals surface area contributed by atoms with Crippen LogP contribution in [0.5, 0.6) is 0 Å². The first-order chi connectivity index (χ1) is 21.2. The number of nitrogens with zero attached hydrogens (tertiary/aromatic N) is 1. The Morgan fingerprint density at radius 1 is 0.818 bits per heavy atom. The van der Waals surface area contributed by atoms with Crippen LogP contribution in [-0.2, 0) is 23.9 Å². The number of nitrogens with one attached hydrogen (secondary N) is 1. The van der Waals surface area contributed by atoms with E-state index in [-0.39, 0.29) is 52.9 Å². The molecule has 6 rings (SSSR count). The first-order valence-corrected chi connectivity index (χ1v) is 15.0. The second-order valence-corrected chi connectivity index (χ2v) is 12.2. The Labute approximate surface area is 255 Å². The summed E-state index contributed by atoms with van der Waals surface area (Å²) >= 11 is 0. The van der Waals surface area contributed by atoms with Gasteiger partial charge in [-0.1, -0.05) is 50.2 Å². The van der Waals surface area contributed by atoms with E-state index in [4.69, 9.17) is 9.47 Å². The summed E-state index contributed by atoms with van der Waals surface area (Å²) in [5.74, 6) is -2.10. The number of hydrogen-bond acceptors (Lipinski definition) is 7. The lowest BCUT2D eigenvalue weighted by Gasteiger charge is -2.28. The highest BCUT2D eigenvalue weighted by atomic mass is 16.5. The van der Waals surface area contributed by atoms with Gasteiger partial charge in [0.2, 0.25) is 11.8 Å². The zero-order chi connectivity index (χ0) is 31.0. The number of carbonyl (C=O) groups excluding carboxylic acids is 5. The molecule has 3 aliphatic rings. The van der Waals surface area contributed by atoms with Gasteiger partial charge in [-0.2, -0.15) is 0 Å². The highest BCUT2D eigenvalue weighted by Gasteiger charge is 2.64. The molecule has 9 heteroatoms. The smallest absolute Gasteiger partial charge is 0.338 e. The van der Waals surface area contributed by atoms with Crippen molar-refractivity contribution in [2.24, 2.45) is 29.6 Å². The summed E-state index contributed by atoms with van der Waals surface area (Å²) < 4.78 is 10.4. The van der Waals surface area contributed by atoms with Crippen molar-refractivity contribution in [3.05, 3.63) is 95.6 Å². The molecule has 1 saturated heterocycles. The molecule has 226 valence electrons. The molecule has 9 nitrogen and oxygen atoms in total. The monoisotopic (exact) mass is 594 g/mol. The fourth-order valence-electron chi connectivity index (χ4n) is 7.00. The molecule has 1 heterocycles. The maximum atomic E-state index is 13.7. The van der Waals surface area contributed by atoms with E-state index in [0.29, 0.717) is 23.5 Å². The van der Waals surface area contributed by atoms with Gasteiger partial charge in [-0.05, 0) is 84.5 Å². The van der Waals surface area contributed by atoms with E-state index in [1.165, 1.54) is 34.7 Å². The van der Waals surface area contributed by atoms with E-state index < -0.39 is 24.5 Å². The van der Waals surface area contributed by atoms with Gasteiger partial charge in [0.05, 0.1) is 35.3 Å². The molecule has 3 amide bonds. The number of benzene rings is 3. The molecular weight excluding hydrogens is 560 g/mol. The lowest BCUT2D eigenvalue weighted by Crippen LogP contribution is -2.33. The average molecular weight is 595 g/mol. The molecular formula is C35H34N2O7. The van der Waals surface area contributed by atoms with Crippen molar-refractivity contribution in [3.8, 4) is 0 Å². The number of hydrogen-bond donors (Lipinski definition) is 1. The van der Waals surface area contributed by atoms with E-state index >= 15 is 0 Å². The number of rotatable bonds is 9. The maximum Gasteiger partial charge on any atom is 0.338 e. The SMILES string of the molecule is CC(C)COC(=O)c1ccc(NC(=O)COC(=O)c2cccc(N3C(=O)[C@@H]4[C@@H]5C[C@@H]([C@H]4C3=O)[C@H](c3ccccc3)C5)c2)cc1. The lowest BCUT2D eigenvalue weighted by atomic mass is 9.73. The van der Waals surface area contributed by atoms with Crippen LogP contribution in [0.15, 0.2) is 78.9 Å². The minimum absolute atomic E-state index is 0.121. The highest BCUT2D eigenvalue weighted by molar-refractivity contribution is 6.23. The van der Waals surface area contributed by atoms with Gasteiger partial charge in [0.25, 0.3) is 5.91 Å². The Morgan fingerprint density at radius 3 is 2.25 bits per heavy atom. The van der Waals surface area contributed by atoms with E-state index in [2.05, 4.69) is 17.4 Å². The average Bonchev–Trinajstić information content (AvgIpc) is 3.70. The number of carbonyl (C=O) groups is 5. The second kappa shape index (κ2) is 12.1. The van der Waals surface area contributed by atoms with Crippen molar-refractivity contribution in [1.29, 1.82) is 0 Å². The zero-order valence-corrected chi connectivity index (χ0v) is 24.6. The van der Waals surface area contributed by atoms with Crippen LogP contribution in [0.2, 0.25) is 0 Å². The van der Waals surface area contributed by atoms with Gasteiger partial charge in [-0.15, -0.1) is 0 Å². The summed E-state index contributed by atoms with van der Waals surface area (Å²) in [5, 5.41) is 2.62. The Balaban J connectivity index is 1.06. The van der Waals surface area contributed by atoms with Crippen LogP contribution in [0.3, 0.4) is 0 Å². The second-order valence-electron chi connectivity index (χ2n) is 12.2. The van der Waals surface area contributed by atoms with Crippen molar-refractivity contribution in [3.63, 3.8) is 0 Å². The Kier molecular flexibility index (Phi) is 8.03. The number of esters is 2. The van der Waals surface area contributed by atoms with Gasteiger partial charge in [0.15, 0.2) is 6.61 Å². The predicted molar refractivity (Wildman–Crippen MR) is 162 cm³/mol. The summed E-state index contributed by atoms with van der Waals surface area (Å²) in [6.45, 7) is 3.66. The third-order valence-corrected chi connectivity index (χ3v) is 8.87. The van der Waals surface area contributed by atoms with Gasteiger partial charge < -0.3 is 14.8 Å². The van der Waals surface area contributed by atoms with Crippen molar-refractivity contribution in [2.75, 3.05) is 23.4 Å². The van der Waals surface area contributed by atoms with Crippen molar-refractivity contribution in [1.82, 2.24) is 0 Å². The number of anilines is 2. The van der Waals surface area contributed by atoms with Crippen LogP contribution in [-0.4, -0.2) is 42.9 Å². The molecule has 0 unspecified atom stereocenters. The van der Waals surface area contributed by atoms with E-state index in [0.717, 1.165) is 12.8 Å². The quantitative estimate of drug-likeness (QED) is 0.266. The Hall–Kier alpha value is -4.79. The van der Waals surface area contributed by atoms with Crippen LogP contribution in [0.1, 0.15) is 58.9 Å². The van der Waals surface area contributed by atoms with E-state index in [1.54, 1.807) is 24.3 Å². The summed E-state index contributed by atoms with van der Waals surface area (Å²) in [4.78, 5) is 65.8. The van der Waals surface area contributed by atoms with Gasteiger partial charge in [-0.25, -0.2) is 9.59 Å². The molecule has 2 aliphatic carbocycles. The molecule has 0 spiro atoms. The van der Waals surface area contributed by atoms with Crippen LogP contribution < -0.4 is 10.2 Å². The fraction of sp³-hybridized carbons (Fsp3) is 0.343. The molecule has 44 heavy (non-hydrogen) atoms. The minimum atomic E-state index is -0.756. The van der Waals surface area contributed by atoms with E-state index in [1.807, 2.05) is 32.0 Å². The molecule has 3 fully saturated rings. The third kappa shape index (κ3) is 5.62. The lowest BCUT2D eigenvalue weighted by molar-refractivity contribution is -0.123. The topological polar surface area (TPSA) is 119 Å². The third-order valence-electron chi connectivity index (χ3n) is 8.87. The van der Waals surface area contributed by atoms with Gasteiger partial charge in [0.1, 0.15) is 0 Å². The van der Waals surface area contributed by atoms with Crippen LogP contribution >= 0.6 is 0 Å². The molecule has 5 atom stereocenters. The summed E-state index contributed by atoms with van der Waals surface area (Å²) in [6, 6.07) is 22.6. The van der Waals surface area contributed by atoms with Gasteiger partial charge in [-0.3, -0.25) is 19.3 Å². The number of ether oxygens (including phenoxy) is 2. The Morgan fingerprint density at radius 2 is 1.52 bits per heavy atom. The summed E-state index contributed by atoms with van der Waals surface area (Å²) in [6.07, 6.45) is 1.77. The summed E-state index contributed by atoms with van der Waals surface area (Å²) in [7, 11) is 0. The van der Waals surface area contributed by atoms with Crippen molar-refractivity contribution in [2.45, 2.75) is 32.6 Å². The Bertz CT molecular complexity index is 1600. The standard InChI is InChI=1S/C35H34N2O7/c1-20(2)18-43-34(41)22-11-13-25(14-12-22)36-29(38)19-44-35(42)23-9-6-10-26(15-23)37-32(39)30-24-16-27(21-7-4-3-5-8-21)28(17-24)31(30)33(37)40/h3-15,20,24,27-28,30-31H,16-19H2,1-2H3,(H,36,38)/t24-,27-,28+,30+,31+/m0/s1. The van der Waals surface area contributed by atoms with Crippen LogP contribution in [0.25, 0.3) is 0 Å².